The standard InChI is InChI=1S/C21H20ClN5O3/c1-14-5-2-6-16(15-7-8-15)19(14)30-20-17(13-18(22)25-26-20)29-21(28)27(11-3-9-23)12-4-10-24/h2,5-6,13,15H,3-4,7-8,11-12H2,1H3. The van der Waals surface area contributed by atoms with Crippen LogP contribution in [-0.2, 0) is 0 Å². The second kappa shape index (κ2) is 9.91. The molecule has 0 radical (unpaired) electrons. The summed E-state index contributed by atoms with van der Waals surface area (Å²) >= 11 is 5.95. The first-order chi connectivity index (χ1) is 14.5. The number of halogens is 1. The first-order valence-corrected chi connectivity index (χ1v) is 9.92. The summed E-state index contributed by atoms with van der Waals surface area (Å²) < 4.78 is 11.5. The Hall–Kier alpha value is -3.36. The lowest BCUT2D eigenvalue weighted by Crippen LogP contribution is -2.35. The van der Waals surface area contributed by atoms with Crippen LogP contribution in [0, 0.1) is 29.6 Å². The van der Waals surface area contributed by atoms with Gasteiger partial charge in [-0.05, 0) is 36.8 Å². The lowest BCUT2D eigenvalue weighted by Gasteiger charge is -2.20. The third-order valence-corrected chi connectivity index (χ3v) is 4.78. The SMILES string of the molecule is Cc1cccc(C2CC2)c1Oc1nnc(Cl)cc1OC(=O)N(CCC#N)CCC#N. The van der Waals surface area contributed by atoms with Crippen LogP contribution in [0.1, 0.15) is 42.7 Å². The van der Waals surface area contributed by atoms with Crippen molar-refractivity contribution in [3.63, 3.8) is 0 Å². The fourth-order valence-corrected chi connectivity index (χ4v) is 3.07. The number of rotatable bonds is 8. The van der Waals surface area contributed by atoms with Crippen molar-refractivity contribution in [2.75, 3.05) is 13.1 Å². The van der Waals surface area contributed by atoms with Gasteiger partial charge < -0.3 is 14.4 Å². The number of aromatic nitrogens is 2. The lowest BCUT2D eigenvalue weighted by molar-refractivity contribution is 0.152. The molecule has 0 unspecified atom stereocenters. The Kier molecular flexibility index (Phi) is 7.05. The van der Waals surface area contributed by atoms with Crippen LogP contribution in [0.25, 0.3) is 0 Å². The topological polar surface area (TPSA) is 112 Å². The summed E-state index contributed by atoms with van der Waals surface area (Å²) in [7, 11) is 0. The maximum absolute atomic E-state index is 12.6. The lowest BCUT2D eigenvalue weighted by atomic mass is 10.1. The molecule has 1 aliphatic rings. The number of aryl methyl sites for hydroxylation is 1. The Labute approximate surface area is 179 Å². The van der Waals surface area contributed by atoms with Crippen molar-refractivity contribution in [1.82, 2.24) is 15.1 Å². The molecule has 0 aliphatic heterocycles. The second-order valence-electron chi connectivity index (χ2n) is 6.88. The summed E-state index contributed by atoms with van der Waals surface area (Å²) in [5.74, 6) is 1.15. The van der Waals surface area contributed by atoms with Crippen molar-refractivity contribution in [3.05, 3.63) is 40.5 Å². The highest BCUT2D eigenvalue weighted by atomic mass is 35.5. The monoisotopic (exact) mass is 425 g/mol. The molecule has 1 aromatic carbocycles. The van der Waals surface area contributed by atoms with Crippen LogP contribution in [0.5, 0.6) is 17.4 Å². The molecule has 0 saturated heterocycles. The molecule has 1 saturated carbocycles. The number of hydrogen-bond donors (Lipinski definition) is 0. The molecule has 1 aromatic heterocycles. The summed E-state index contributed by atoms with van der Waals surface area (Å²) in [5, 5.41) is 25.4. The van der Waals surface area contributed by atoms with Crippen molar-refractivity contribution < 1.29 is 14.3 Å². The minimum Gasteiger partial charge on any atom is -0.434 e. The largest absolute Gasteiger partial charge is 0.434 e. The number of carbonyl (C=O) groups is 1. The highest BCUT2D eigenvalue weighted by Gasteiger charge is 2.28. The molecule has 0 bridgehead atoms. The van der Waals surface area contributed by atoms with Crippen LogP contribution in [0.15, 0.2) is 24.3 Å². The zero-order valence-corrected chi connectivity index (χ0v) is 17.2. The number of hydrogen-bond acceptors (Lipinski definition) is 7. The molecule has 3 rings (SSSR count). The zero-order valence-electron chi connectivity index (χ0n) is 16.5. The van der Waals surface area contributed by atoms with Gasteiger partial charge in [0, 0.05) is 19.2 Å². The van der Waals surface area contributed by atoms with Gasteiger partial charge in [-0.3, -0.25) is 0 Å². The predicted molar refractivity (Wildman–Crippen MR) is 108 cm³/mol. The van der Waals surface area contributed by atoms with E-state index in [0.717, 1.165) is 24.0 Å². The van der Waals surface area contributed by atoms with Crippen LogP contribution in [0.3, 0.4) is 0 Å². The van der Waals surface area contributed by atoms with E-state index in [1.54, 1.807) is 0 Å². The van der Waals surface area contributed by atoms with Crippen molar-refractivity contribution in [2.24, 2.45) is 0 Å². The van der Waals surface area contributed by atoms with E-state index in [2.05, 4.69) is 10.2 Å². The summed E-state index contributed by atoms with van der Waals surface area (Å²) in [6.07, 6.45) is 1.71. The van der Waals surface area contributed by atoms with Crippen molar-refractivity contribution >= 4 is 17.7 Å². The van der Waals surface area contributed by atoms with Gasteiger partial charge in [0.25, 0.3) is 5.88 Å². The van der Waals surface area contributed by atoms with Crippen molar-refractivity contribution in [2.45, 2.75) is 38.5 Å². The van der Waals surface area contributed by atoms with Crippen LogP contribution >= 0.6 is 11.6 Å². The van der Waals surface area contributed by atoms with Gasteiger partial charge in [-0.15, -0.1) is 10.2 Å². The van der Waals surface area contributed by atoms with Gasteiger partial charge >= 0.3 is 6.09 Å². The van der Waals surface area contributed by atoms with E-state index in [1.165, 1.54) is 11.0 Å². The Morgan fingerprint density at radius 3 is 2.57 bits per heavy atom. The number of amides is 1. The average Bonchev–Trinajstić information content (AvgIpc) is 3.56. The maximum atomic E-state index is 12.6. The number of benzene rings is 1. The number of para-hydroxylation sites is 1. The zero-order chi connectivity index (χ0) is 21.5. The van der Waals surface area contributed by atoms with E-state index >= 15 is 0 Å². The first kappa shape index (κ1) is 21.4. The van der Waals surface area contributed by atoms with Crippen LogP contribution < -0.4 is 9.47 Å². The molecule has 1 amide bonds. The first-order valence-electron chi connectivity index (χ1n) is 9.54. The van der Waals surface area contributed by atoms with Gasteiger partial charge in [0.1, 0.15) is 5.75 Å². The fraction of sp³-hybridized carbons (Fsp3) is 0.381. The summed E-state index contributed by atoms with van der Waals surface area (Å²) in [6.45, 7) is 2.22. The van der Waals surface area contributed by atoms with E-state index < -0.39 is 6.09 Å². The molecular formula is C21H20ClN5O3. The highest BCUT2D eigenvalue weighted by molar-refractivity contribution is 6.29. The molecule has 2 aromatic rings. The normalized spacial score (nSPS) is 12.5. The highest BCUT2D eigenvalue weighted by Crippen LogP contribution is 2.46. The predicted octanol–water partition coefficient (Wildman–Crippen LogP) is 4.74. The number of nitrogens with zero attached hydrogens (tertiary/aromatic N) is 5. The molecule has 0 atom stereocenters. The molecule has 1 aliphatic carbocycles. The van der Waals surface area contributed by atoms with E-state index in [4.69, 9.17) is 31.6 Å². The number of nitriles is 2. The molecule has 1 heterocycles. The Morgan fingerprint density at radius 2 is 1.93 bits per heavy atom. The third kappa shape index (κ3) is 5.37. The van der Waals surface area contributed by atoms with E-state index in [0.29, 0.717) is 11.7 Å². The molecule has 1 fully saturated rings. The van der Waals surface area contributed by atoms with Gasteiger partial charge in [-0.25, -0.2) is 4.79 Å². The Balaban J connectivity index is 1.85. The molecule has 30 heavy (non-hydrogen) atoms. The second-order valence-corrected chi connectivity index (χ2v) is 7.26. The minimum absolute atomic E-state index is 0.0175. The van der Waals surface area contributed by atoms with Gasteiger partial charge in [-0.1, -0.05) is 29.8 Å². The quantitative estimate of drug-likeness (QED) is 0.600. The summed E-state index contributed by atoms with van der Waals surface area (Å²) in [4.78, 5) is 13.9. The number of ether oxygens (including phenoxy) is 2. The van der Waals surface area contributed by atoms with Crippen LogP contribution in [0.4, 0.5) is 4.79 Å². The van der Waals surface area contributed by atoms with Crippen molar-refractivity contribution in [3.8, 4) is 29.5 Å². The van der Waals surface area contributed by atoms with E-state index in [-0.39, 0.29) is 42.7 Å². The smallest absolute Gasteiger partial charge is 0.415 e. The molecule has 9 heteroatoms. The molecule has 0 N–H and O–H groups in total. The van der Waals surface area contributed by atoms with Crippen molar-refractivity contribution in [1.29, 1.82) is 10.5 Å². The molecule has 0 spiro atoms. The van der Waals surface area contributed by atoms with Gasteiger partial charge in [0.05, 0.1) is 25.0 Å². The fourth-order valence-electron chi connectivity index (χ4n) is 2.94. The van der Waals surface area contributed by atoms with Crippen LogP contribution in [0.2, 0.25) is 5.15 Å². The van der Waals surface area contributed by atoms with E-state index in [9.17, 15) is 4.79 Å². The summed E-state index contributed by atoms with van der Waals surface area (Å²) in [6, 6.07) is 11.2. The third-order valence-electron chi connectivity index (χ3n) is 4.60. The Morgan fingerprint density at radius 1 is 1.23 bits per heavy atom. The number of carbonyl (C=O) groups excluding carboxylic acids is 1. The van der Waals surface area contributed by atoms with Gasteiger partial charge in [0.15, 0.2) is 10.9 Å². The summed E-state index contributed by atoms with van der Waals surface area (Å²) in [5.41, 5.74) is 2.01. The Bertz CT molecular complexity index is 993. The van der Waals surface area contributed by atoms with Gasteiger partial charge in [0.2, 0.25) is 0 Å². The van der Waals surface area contributed by atoms with E-state index in [1.807, 2.05) is 37.3 Å². The maximum Gasteiger partial charge on any atom is 0.415 e. The van der Waals surface area contributed by atoms with Gasteiger partial charge in [-0.2, -0.15) is 10.5 Å². The molecular weight excluding hydrogens is 406 g/mol. The minimum atomic E-state index is -0.721. The molecule has 154 valence electrons. The molecule has 8 nitrogen and oxygen atoms in total. The van der Waals surface area contributed by atoms with Crippen LogP contribution in [-0.4, -0.2) is 34.3 Å². The average molecular weight is 426 g/mol.